The van der Waals surface area contributed by atoms with Crippen molar-refractivity contribution in [2.45, 2.75) is 0 Å². The van der Waals surface area contributed by atoms with E-state index in [4.69, 9.17) is 9.47 Å². The van der Waals surface area contributed by atoms with Crippen LogP contribution in [0.4, 0.5) is 5.82 Å². The average molecular weight is 357 g/mol. The maximum absolute atomic E-state index is 5.68. The van der Waals surface area contributed by atoms with Crippen molar-refractivity contribution in [3.63, 3.8) is 0 Å². The van der Waals surface area contributed by atoms with Gasteiger partial charge >= 0.3 is 0 Å². The Kier molecular flexibility index (Phi) is 4.19. The molecule has 0 unspecified atom stereocenters. The van der Waals surface area contributed by atoms with Gasteiger partial charge in [0.1, 0.15) is 12.1 Å². The number of methoxy groups -OCH3 is 1. The Balaban J connectivity index is 2.31. The highest BCUT2D eigenvalue weighted by atomic mass is 127. The van der Waals surface area contributed by atoms with E-state index in [0.717, 1.165) is 3.57 Å². The van der Waals surface area contributed by atoms with Crippen molar-refractivity contribution < 1.29 is 9.47 Å². The van der Waals surface area contributed by atoms with Gasteiger partial charge in [-0.15, -0.1) is 0 Å². The molecule has 5 nitrogen and oxygen atoms in total. The molecule has 1 N–H and O–H groups in total. The molecule has 0 fully saturated rings. The number of hydrogen-bond donors (Lipinski definition) is 1. The fraction of sp³-hybridized carbons (Fsp3) is 0.167. The summed E-state index contributed by atoms with van der Waals surface area (Å²) in [5.41, 5.74) is 0. The minimum absolute atomic E-state index is 0.387. The third-order valence-corrected chi connectivity index (χ3v) is 2.96. The number of anilines is 1. The lowest BCUT2D eigenvalue weighted by molar-refractivity contribution is 0.369. The molecule has 18 heavy (non-hydrogen) atoms. The van der Waals surface area contributed by atoms with Crippen LogP contribution in [0.2, 0.25) is 0 Å². The van der Waals surface area contributed by atoms with Crippen LogP contribution < -0.4 is 14.8 Å². The first-order valence-electron chi connectivity index (χ1n) is 5.24. The Morgan fingerprint density at radius 2 is 1.89 bits per heavy atom. The minimum atomic E-state index is 0.387. The maximum Gasteiger partial charge on any atom is 0.268 e. The number of nitrogens with zero attached hydrogens (tertiary/aromatic N) is 2. The number of halogens is 1. The van der Waals surface area contributed by atoms with E-state index < -0.39 is 0 Å². The molecule has 1 heterocycles. The van der Waals surface area contributed by atoms with Crippen molar-refractivity contribution in [2.24, 2.45) is 0 Å². The summed E-state index contributed by atoms with van der Waals surface area (Å²) in [5, 5.41) is 2.92. The number of rotatable bonds is 4. The van der Waals surface area contributed by atoms with Crippen molar-refractivity contribution in [2.75, 3.05) is 19.5 Å². The second-order valence-corrected chi connectivity index (χ2v) is 4.61. The lowest BCUT2D eigenvalue weighted by atomic mass is 10.3. The van der Waals surface area contributed by atoms with Gasteiger partial charge in [-0.25, -0.2) is 4.98 Å². The quantitative estimate of drug-likeness (QED) is 0.853. The van der Waals surface area contributed by atoms with Crippen LogP contribution in [-0.4, -0.2) is 24.1 Å². The van der Waals surface area contributed by atoms with Gasteiger partial charge in [-0.3, -0.25) is 0 Å². The largest absolute Gasteiger partial charge is 0.489 e. The SMILES string of the molecule is CNc1ncnc(Oc2ccc(I)cc2)c1OC. The first kappa shape index (κ1) is 12.9. The number of nitrogens with one attached hydrogen (secondary N) is 1. The van der Waals surface area contributed by atoms with Gasteiger partial charge in [-0.1, -0.05) is 0 Å². The lowest BCUT2D eigenvalue weighted by Crippen LogP contribution is -2.00. The van der Waals surface area contributed by atoms with Gasteiger partial charge in [-0.2, -0.15) is 4.98 Å². The topological polar surface area (TPSA) is 56.3 Å². The third kappa shape index (κ3) is 2.81. The average Bonchev–Trinajstić information content (AvgIpc) is 2.41. The van der Waals surface area contributed by atoms with Crippen LogP contribution in [0.15, 0.2) is 30.6 Å². The number of ether oxygens (including phenoxy) is 2. The standard InChI is InChI=1S/C12H12IN3O2/c1-14-11-10(17-2)12(16-7-15-11)18-9-5-3-8(13)4-6-9/h3-7H,1-2H3,(H,14,15,16). The van der Waals surface area contributed by atoms with Crippen molar-refractivity contribution in [1.82, 2.24) is 9.97 Å². The summed E-state index contributed by atoms with van der Waals surface area (Å²) < 4.78 is 12.1. The van der Waals surface area contributed by atoms with Crippen LogP contribution in [0, 0.1) is 3.57 Å². The normalized spacial score (nSPS) is 9.94. The van der Waals surface area contributed by atoms with Crippen molar-refractivity contribution in [1.29, 1.82) is 0 Å². The molecule has 0 aliphatic carbocycles. The fourth-order valence-corrected chi connectivity index (χ4v) is 1.77. The summed E-state index contributed by atoms with van der Waals surface area (Å²) in [6.45, 7) is 0. The van der Waals surface area contributed by atoms with Crippen LogP contribution in [0.3, 0.4) is 0 Å². The van der Waals surface area contributed by atoms with Gasteiger partial charge in [0.2, 0.25) is 5.75 Å². The van der Waals surface area contributed by atoms with E-state index in [9.17, 15) is 0 Å². The molecular weight excluding hydrogens is 345 g/mol. The van der Waals surface area contributed by atoms with Gasteiger partial charge in [0.15, 0.2) is 5.82 Å². The van der Waals surface area contributed by atoms with Gasteiger partial charge in [0.25, 0.3) is 5.88 Å². The molecule has 94 valence electrons. The van der Waals surface area contributed by atoms with Crippen LogP contribution in [0.25, 0.3) is 0 Å². The van der Waals surface area contributed by atoms with Crippen molar-refractivity contribution in [3.05, 3.63) is 34.2 Å². The summed E-state index contributed by atoms with van der Waals surface area (Å²) in [5.74, 6) is 2.17. The van der Waals surface area contributed by atoms with E-state index in [1.165, 1.54) is 6.33 Å². The zero-order valence-electron chi connectivity index (χ0n) is 9.98. The summed E-state index contributed by atoms with van der Waals surface area (Å²) >= 11 is 2.24. The predicted octanol–water partition coefficient (Wildman–Crippen LogP) is 2.92. The van der Waals surface area contributed by atoms with Gasteiger partial charge in [-0.05, 0) is 46.9 Å². The molecule has 0 atom stereocenters. The minimum Gasteiger partial charge on any atom is -0.489 e. The second kappa shape index (κ2) is 5.85. The van der Waals surface area contributed by atoms with E-state index in [0.29, 0.717) is 23.2 Å². The zero-order chi connectivity index (χ0) is 13.0. The van der Waals surface area contributed by atoms with Gasteiger partial charge in [0.05, 0.1) is 7.11 Å². The number of benzene rings is 1. The van der Waals surface area contributed by atoms with E-state index >= 15 is 0 Å². The van der Waals surface area contributed by atoms with E-state index in [1.54, 1.807) is 14.2 Å². The Labute approximate surface area is 119 Å². The molecule has 0 saturated heterocycles. The monoisotopic (exact) mass is 357 g/mol. The molecule has 2 aromatic rings. The van der Waals surface area contributed by atoms with Crippen LogP contribution in [-0.2, 0) is 0 Å². The summed E-state index contributed by atoms with van der Waals surface area (Å²) in [6.07, 6.45) is 1.43. The molecule has 0 aliphatic rings. The molecule has 0 amide bonds. The molecule has 0 saturated carbocycles. The summed E-state index contributed by atoms with van der Waals surface area (Å²) in [6, 6.07) is 7.68. The maximum atomic E-state index is 5.68. The highest BCUT2D eigenvalue weighted by Gasteiger charge is 2.12. The van der Waals surface area contributed by atoms with Crippen LogP contribution in [0.1, 0.15) is 0 Å². The number of hydrogen-bond acceptors (Lipinski definition) is 5. The molecule has 0 spiro atoms. The first-order valence-corrected chi connectivity index (χ1v) is 6.32. The second-order valence-electron chi connectivity index (χ2n) is 3.37. The third-order valence-electron chi connectivity index (χ3n) is 2.24. The molecule has 1 aromatic carbocycles. The highest BCUT2D eigenvalue weighted by Crippen LogP contribution is 2.33. The predicted molar refractivity (Wildman–Crippen MR) is 77.4 cm³/mol. The molecule has 0 bridgehead atoms. The molecule has 6 heteroatoms. The van der Waals surface area contributed by atoms with Crippen molar-refractivity contribution in [3.8, 4) is 17.4 Å². The van der Waals surface area contributed by atoms with E-state index in [2.05, 4.69) is 37.9 Å². The molecule has 0 radical (unpaired) electrons. The Hall–Kier alpha value is -1.57. The Bertz CT molecular complexity index is 531. The van der Waals surface area contributed by atoms with E-state index in [1.807, 2.05) is 24.3 Å². The van der Waals surface area contributed by atoms with Gasteiger partial charge < -0.3 is 14.8 Å². The number of aromatic nitrogens is 2. The lowest BCUT2D eigenvalue weighted by Gasteiger charge is -2.11. The molecule has 0 aliphatic heterocycles. The van der Waals surface area contributed by atoms with E-state index in [-0.39, 0.29) is 0 Å². The first-order chi connectivity index (χ1) is 8.74. The smallest absolute Gasteiger partial charge is 0.268 e. The highest BCUT2D eigenvalue weighted by molar-refractivity contribution is 14.1. The molecule has 2 rings (SSSR count). The summed E-state index contributed by atoms with van der Waals surface area (Å²) in [7, 11) is 3.32. The van der Waals surface area contributed by atoms with Crippen molar-refractivity contribution >= 4 is 28.4 Å². The Morgan fingerprint density at radius 3 is 2.50 bits per heavy atom. The summed E-state index contributed by atoms with van der Waals surface area (Å²) in [4.78, 5) is 8.13. The van der Waals surface area contributed by atoms with Gasteiger partial charge in [0, 0.05) is 10.6 Å². The zero-order valence-corrected chi connectivity index (χ0v) is 12.1. The molecule has 1 aromatic heterocycles. The van der Waals surface area contributed by atoms with Crippen LogP contribution >= 0.6 is 22.6 Å². The molecular formula is C12H12IN3O2. The fourth-order valence-electron chi connectivity index (χ4n) is 1.41. The van der Waals surface area contributed by atoms with Crippen LogP contribution in [0.5, 0.6) is 17.4 Å². The Morgan fingerprint density at radius 1 is 1.17 bits per heavy atom.